The van der Waals surface area contributed by atoms with Gasteiger partial charge in [-0.15, -0.1) is 0 Å². The zero-order chi connectivity index (χ0) is 16.8. The minimum absolute atomic E-state index is 0.228. The summed E-state index contributed by atoms with van der Waals surface area (Å²) in [6, 6.07) is 7.47. The monoisotopic (exact) mass is 355 g/mol. The third-order valence-electron chi connectivity index (χ3n) is 3.38. The summed E-state index contributed by atoms with van der Waals surface area (Å²) in [7, 11) is 1.63. The van der Waals surface area contributed by atoms with Crippen LogP contribution in [0.2, 0.25) is 10.2 Å². The van der Waals surface area contributed by atoms with E-state index in [1.807, 2.05) is 24.3 Å². The summed E-state index contributed by atoms with van der Waals surface area (Å²) in [5.41, 5.74) is 1.88. The molecule has 0 saturated heterocycles. The van der Waals surface area contributed by atoms with Crippen molar-refractivity contribution in [3.8, 4) is 0 Å². The predicted molar refractivity (Wildman–Crippen MR) is 91.4 cm³/mol. The second-order valence-corrected chi connectivity index (χ2v) is 5.87. The van der Waals surface area contributed by atoms with Gasteiger partial charge in [-0.2, -0.15) is 5.10 Å². The molecule has 1 heterocycles. The predicted octanol–water partition coefficient (Wildman–Crippen LogP) is 3.31. The van der Waals surface area contributed by atoms with Crippen LogP contribution in [-0.2, 0) is 11.3 Å². The zero-order valence-corrected chi connectivity index (χ0v) is 14.6. The van der Waals surface area contributed by atoms with Crippen LogP contribution >= 0.6 is 23.2 Å². The Hall–Kier alpha value is -1.56. The fourth-order valence-corrected chi connectivity index (χ4v) is 2.73. The van der Waals surface area contributed by atoms with Gasteiger partial charge in [-0.05, 0) is 25.0 Å². The highest BCUT2D eigenvalue weighted by Crippen LogP contribution is 2.23. The number of nitrogens with one attached hydrogen (secondary N) is 1. The first-order valence-corrected chi connectivity index (χ1v) is 8.03. The van der Waals surface area contributed by atoms with Crippen LogP contribution in [0.15, 0.2) is 24.3 Å². The number of nitrogens with zero attached hydrogens (tertiary/aromatic N) is 2. The molecule has 0 atom stereocenters. The molecular weight excluding hydrogens is 337 g/mol. The summed E-state index contributed by atoms with van der Waals surface area (Å²) in [5, 5.41) is 8.13. The minimum atomic E-state index is -0.228. The molecule has 0 radical (unpaired) electrons. The van der Waals surface area contributed by atoms with E-state index in [9.17, 15) is 4.79 Å². The average molecular weight is 356 g/mol. The van der Waals surface area contributed by atoms with Crippen molar-refractivity contribution in [2.45, 2.75) is 19.9 Å². The van der Waals surface area contributed by atoms with Crippen LogP contribution < -0.4 is 5.32 Å². The summed E-state index contributed by atoms with van der Waals surface area (Å²) in [6.45, 7) is 3.30. The molecule has 0 aliphatic carbocycles. The topological polar surface area (TPSA) is 56.1 Å². The molecule has 2 rings (SSSR count). The summed E-state index contributed by atoms with van der Waals surface area (Å²) < 4.78 is 6.54. The lowest BCUT2D eigenvalue weighted by molar-refractivity contribution is 0.0948. The number of benzene rings is 1. The third kappa shape index (κ3) is 4.47. The van der Waals surface area contributed by atoms with Crippen molar-refractivity contribution in [1.29, 1.82) is 0 Å². The van der Waals surface area contributed by atoms with Crippen LogP contribution in [0.4, 0.5) is 0 Å². The van der Waals surface area contributed by atoms with E-state index >= 15 is 0 Å². The Labute approximate surface area is 145 Å². The van der Waals surface area contributed by atoms with Crippen molar-refractivity contribution in [3.63, 3.8) is 0 Å². The molecule has 1 N–H and O–H groups in total. The lowest BCUT2D eigenvalue weighted by atomic mass is 10.2. The van der Waals surface area contributed by atoms with Crippen molar-refractivity contribution >= 4 is 29.1 Å². The Kier molecular flexibility index (Phi) is 6.45. The van der Waals surface area contributed by atoms with Gasteiger partial charge in [0.15, 0.2) is 0 Å². The van der Waals surface area contributed by atoms with E-state index in [1.165, 1.54) is 0 Å². The molecule has 1 aromatic carbocycles. The Bertz CT molecular complexity index is 686. The quantitative estimate of drug-likeness (QED) is 0.775. The fraction of sp³-hybridized carbons (Fsp3) is 0.375. The largest absolute Gasteiger partial charge is 0.385 e. The zero-order valence-electron chi connectivity index (χ0n) is 13.1. The molecular formula is C16H19Cl2N3O2. The van der Waals surface area contributed by atoms with Gasteiger partial charge in [0.1, 0.15) is 5.15 Å². The van der Waals surface area contributed by atoms with Crippen LogP contribution in [0.1, 0.15) is 28.0 Å². The van der Waals surface area contributed by atoms with Gasteiger partial charge in [-0.25, -0.2) is 4.68 Å². The van der Waals surface area contributed by atoms with Crippen molar-refractivity contribution < 1.29 is 9.53 Å². The molecule has 1 aromatic heterocycles. The smallest absolute Gasteiger partial charge is 0.256 e. The maximum absolute atomic E-state index is 12.3. The molecule has 23 heavy (non-hydrogen) atoms. The van der Waals surface area contributed by atoms with E-state index < -0.39 is 0 Å². The number of methoxy groups -OCH3 is 1. The number of aromatic nitrogens is 2. The molecule has 0 aliphatic heterocycles. The lowest BCUT2D eigenvalue weighted by Crippen LogP contribution is -2.25. The number of rotatable bonds is 7. The number of carbonyl (C=O) groups is 1. The molecule has 1 amide bonds. The molecule has 124 valence electrons. The number of amides is 1. The second-order valence-electron chi connectivity index (χ2n) is 5.10. The molecule has 0 unspecified atom stereocenters. The lowest BCUT2D eigenvalue weighted by Gasteiger charge is -2.06. The highest BCUT2D eigenvalue weighted by molar-refractivity contribution is 6.33. The maximum atomic E-state index is 12.3. The Morgan fingerprint density at radius 2 is 2.09 bits per heavy atom. The first-order chi connectivity index (χ1) is 11.0. The molecule has 0 aliphatic rings. The van der Waals surface area contributed by atoms with Crippen molar-refractivity contribution in [2.24, 2.45) is 0 Å². The molecule has 0 bridgehead atoms. The first-order valence-electron chi connectivity index (χ1n) is 7.28. The van der Waals surface area contributed by atoms with E-state index in [-0.39, 0.29) is 5.91 Å². The summed E-state index contributed by atoms with van der Waals surface area (Å²) >= 11 is 12.5. The Morgan fingerprint density at radius 1 is 1.35 bits per heavy atom. The Balaban J connectivity index is 2.13. The second kappa shape index (κ2) is 8.34. The molecule has 2 aromatic rings. The van der Waals surface area contributed by atoms with E-state index in [2.05, 4.69) is 10.4 Å². The van der Waals surface area contributed by atoms with Gasteiger partial charge in [0, 0.05) is 25.3 Å². The normalized spacial score (nSPS) is 10.8. The number of hydrogen-bond acceptors (Lipinski definition) is 3. The highest BCUT2D eigenvalue weighted by Gasteiger charge is 2.20. The van der Waals surface area contributed by atoms with Gasteiger partial charge in [0.2, 0.25) is 0 Å². The highest BCUT2D eigenvalue weighted by atomic mass is 35.5. The molecule has 0 fully saturated rings. The molecule has 0 spiro atoms. The summed E-state index contributed by atoms with van der Waals surface area (Å²) in [6.07, 6.45) is 0.743. The number of ether oxygens (including phenoxy) is 1. The number of carbonyl (C=O) groups excluding carboxylic acids is 1. The van der Waals surface area contributed by atoms with Crippen LogP contribution in [0, 0.1) is 6.92 Å². The minimum Gasteiger partial charge on any atom is -0.385 e. The molecule has 7 heteroatoms. The van der Waals surface area contributed by atoms with Crippen molar-refractivity contribution in [3.05, 3.63) is 51.3 Å². The van der Waals surface area contributed by atoms with Crippen LogP contribution in [0.3, 0.4) is 0 Å². The van der Waals surface area contributed by atoms with E-state index in [0.717, 1.165) is 12.0 Å². The average Bonchev–Trinajstić information content (AvgIpc) is 2.80. The van der Waals surface area contributed by atoms with Gasteiger partial charge in [-0.1, -0.05) is 41.4 Å². The molecule has 0 saturated carbocycles. The van der Waals surface area contributed by atoms with Gasteiger partial charge in [0.25, 0.3) is 5.91 Å². The standard InChI is InChI=1S/C16H19Cl2N3O2/c1-11-14(16(22)19-8-5-9-23-2)15(18)21(20-11)10-12-6-3-4-7-13(12)17/h3-4,6-7H,5,8-10H2,1-2H3,(H,19,22). The van der Waals surface area contributed by atoms with E-state index in [0.29, 0.717) is 41.1 Å². The van der Waals surface area contributed by atoms with Crippen molar-refractivity contribution in [2.75, 3.05) is 20.3 Å². The number of aryl methyl sites for hydroxylation is 1. The third-order valence-corrected chi connectivity index (χ3v) is 4.13. The SMILES string of the molecule is COCCCNC(=O)c1c(C)nn(Cc2ccccc2Cl)c1Cl. The first kappa shape index (κ1) is 17.8. The van der Waals surface area contributed by atoms with Crippen LogP contribution in [-0.4, -0.2) is 35.9 Å². The van der Waals surface area contributed by atoms with Gasteiger partial charge in [0.05, 0.1) is 17.8 Å². The summed E-state index contributed by atoms with van der Waals surface area (Å²) in [4.78, 5) is 12.3. The number of halogens is 2. The van der Waals surface area contributed by atoms with E-state index in [1.54, 1.807) is 18.7 Å². The van der Waals surface area contributed by atoms with E-state index in [4.69, 9.17) is 27.9 Å². The summed E-state index contributed by atoms with van der Waals surface area (Å²) in [5.74, 6) is -0.228. The van der Waals surface area contributed by atoms with Crippen LogP contribution in [0.5, 0.6) is 0 Å². The maximum Gasteiger partial charge on any atom is 0.256 e. The van der Waals surface area contributed by atoms with Gasteiger partial charge in [-0.3, -0.25) is 4.79 Å². The molecule has 5 nitrogen and oxygen atoms in total. The van der Waals surface area contributed by atoms with Crippen LogP contribution in [0.25, 0.3) is 0 Å². The van der Waals surface area contributed by atoms with Gasteiger partial charge >= 0.3 is 0 Å². The fourth-order valence-electron chi connectivity index (χ4n) is 2.21. The number of hydrogen-bond donors (Lipinski definition) is 1. The van der Waals surface area contributed by atoms with Crippen molar-refractivity contribution in [1.82, 2.24) is 15.1 Å². The Morgan fingerprint density at radius 3 is 2.78 bits per heavy atom. The van der Waals surface area contributed by atoms with Gasteiger partial charge < -0.3 is 10.1 Å².